The molecule has 162 valence electrons. The zero-order valence-corrected chi connectivity index (χ0v) is 17.8. The summed E-state index contributed by atoms with van der Waals surface area (Å²) in [4.78, 5) is 42.2. The fraction of sp³-hybridized carbons (Fsp3) is 0.348. The standard InChI is InChI=1S/C23H26N4O4/c1-3-26-19-9-4-5-10-20(19)27(23(30)22(26)29)16-21(28)25-13-11-24(12-14-25)17-7-6-8-18(15-17)31-2/h4-10,15H,3,11-14,16H2,1-2H3. The number of carbonyl (C=O) groups excluding carboxylic acids is 1. The fourth-order valence-corrected chi connectivity index (χ4v) is 4.10. The van der Waals surface area contributed by atoms with Gasteiger partial charge in [0.25, 0.3) is 0 Å². The molecule has 1 saturated heterocycles. The number of hydrogen-bond donors (Lipinski definition) is 0. The summed E-state index contributed by atoms with van der Waals surface area (Å²) in [6.45, 7) is 4.56. The molecule has 1 aliphatic rings. The second-order valence-electron chi connectivity index (χ2n) is 7.50. The third-order valence-corrected chi connectivity index (χ3v) is 5.80. The van der Waals surface area contributed by atoms with Crippen molar-refractivity contribution in [3.05, 3.63) is 69.2 Å². The lowest BCUT2D eigenvalue weighted by Gasteiger charge is -2.36. The summed E-state index contributed by atoms with van der Waals surface area (Å²) in [7, 11) is 1.64. The van der Waals surface area contributed by atoms with E-state index in [2.05, 4.69) is 4.90 Å². The SMILES string of the molecule is CCn1c(=O)c(=O)n(CC(=O)N2CCN(c3cccc(OC)c3)CC2)c2ccccc21. The first kappa shape index (κ1) is 20.7. The Morgan fingerprint density at radius 1 is 0.903 bits per heavy atom. The molecule has 0 atom stereocenters. The Kier molecular flexibility index (Phi) is 5.79. The molecule has 0 spiro atoms. The van der Waals surface area contributed by atoms with E-state index in [0.717, 1.165) is 11.4 Å². The monoisotopic (exact) mass is 422 g/mol. The van der Waals surface area contributed by atoms with Gasteiger partial charge in [0, 0.05) is 44.5 Å². The van der Waals surface area contributed by atoms with Gasteiger partial charge >= 0.3 is 11.1 Å². The number of methoxy groups -OCH3 is 1. The van der Waals surface area contributed by atoms with Gasteiger partial charge in [0.15, 0.2) is 0 Å². The molecule has 0 N–H and O–H groups in total. The van der Waals surface area contributed by atoms with E-state index in [9.17, 15) is 14.4 Å². The average molecular weight is 422 g/mol. The van der Waals surface area contributed by atoms with Crippen molar-refractivity contribution < 1.29 is 9.53 Å². The second kappa shape index (κ2) is 8.67. The number of aromatic nitrogens is 2. The number of fused-ring (bicyclic) bond motifs is 1. The fourth-order valence-electron chi connectivity index (χ4n) is 4.10. The van der Waals surface area contributed by atoms with E-state index < -0.39 is 11.1 Å². The largest absolute Gasteiger partial charge is 0.497 e. The van der Waals surface area contributed by atoms with Crippen molar-refractivity contribution in [2.75, 3.05) is 38.2 Å². The van der Waals surface area contributed by atoms with Gasteiger partial charge < -0.3 is 19.1 Å². The first-order valence-corrected chi connectivity index (χ1v) is 10.4. The Labute approximate surface area is 179 Å². The molecule has 1 aromatic heterocycles. The zero-order valence-electron chi connectivity index (χ0n) is 17.8. The lowest BCUT2D eigenvalue weighted by atomic mass is 10.2. The predicted molar refractivity (Wildman–Crippen MR) is 120 cm³/mol. The van der Waals surface area contributed by atoms with Crippen molar-refractivity contribution in [2.45, 2.75) is 20.0 Å². The molecule has 1 aliphatic heterocycles. The maximum Gasteiger partial charge on any atom is 0.317 e. The lowest BCUT2D eigenvalue weighted by molar-refractivity contribution is -0.132. The molecule has 0 unspecified atom stereocenters. The quantitative estimate of drug-likeness (QED) is 0.583. The summed E-state index contributed by atoms with van der Waals surface area (Å²) < 4.78 is 8.05. The van der Waals surface area contributed by atoms with E-state index in [-0.39, 0.29) is 12.5 Å². The molecule has 8 heteroatoms. The summed E-state index contributed by atoms with van der Waals surface area (Å²) in [6.07, 6.45) is 0. The van der Waals surface area contributed by atoms with Crippen molar-refractivity contribution in [1.82, 2.24) is 14.0 Å². The molecular weight excluding hydrogens is 396 g/mol. The Bertz CT molecular complexity index is 1220. The van der Waals surface area contributed by atoms with Gasteiger partial charge in [0.1, 0.15) is 12.3 Å². The van der Waals surface area contributed by atoms with Crippen LogP contribution in [0.1, 0.15) is 6.92 Å². The summed E-state index contributed by atoms with van der Waals surface area (Å²) in [5.41, 5.74) is 1.04. The normalized spacial score (nSPS) is 14.1. The smallest absolute Gasteiger partial charge is 0.317 e. The highest BCUT2D eigenvalue weighted by Crippen LogP contribution is 2.22. The van der Waals surface area contributed by atoms with E-state index in [1.165, 1.54) is 9.13 Å². The van der Waals surface area contributed by atoms with Gasteiger partial charge in [-0.3, -0.25) is 19.0 Å². The average Bonchev–Trinajstić information content (AvgIpc) is 2.82. The molecule has 4 rings (SSSR count). The Morgan fingerprint density at radius 2 is 1.55 bits per heavy atom. The molecule has 1 fully saturated rings. The molecule has 0 radical (unpaired) electrons. The zero-order chi connectivity index (χ0) is 22.0. The van der Waals surface area contributed by atoms with Crippen molar-refractivity contribution in [2.24, 2.45) is 0 Å². The van der Waals surface area contributed by atoms with E-state index in [4.69, 9.17) is 4.74 Å². The molecule has 0 bridgehead atoms. The molecular formula is C23H26N4O4. The second-order valence-corrected chi connectivity index (χ2v) is 7.50. The number of ether oxygens (including phenoxy) is 1. The highest BCUT2D eigenvalue weighted by molar-refractivity contribution is 5.80. The van der Waals surface area contributed by atoms with Crippen molar-refractivity contribution in [1.29, 1.82) is 0 Å². The number of rotatable bonds is 5. The number of amides is 1. The minimum Gasteiger partial charge on any atom is -0.497 e. The predicted octanol–water partition coefficient (Wildman–Crippen LogP) is 1.54. The summed E-state index contributed by atoms with van der Waals surface area (Å²) in [5, 5.41) is 0. The van der Waals surface area contributed by atoms with Crippen LogP contribution in [0.4, 0.5) is 5.69 Å². The van der Waals surface area contributed by atoms with Crippen molar-refractivity contribution in [3.63, 3.8) is 0 Å². The molecule has 2 heterocycles. The third kappa shape index (κ3) is 3.93. The number of nitrogens with zero attached hydrogens (tertiary/aromatic N) is 4. The first-order chi connectivity index (χ1) is 15.0. The molecule has 3 aromatic rings. The van der Waals surface area contributed by atoms with Gasteiger partial charge in [-0.25, -0.2) is 0 Å². The van der Waals surface area contributed by atoms with Gasteiger partial charge in [-0.2, -0.15) is 0 Å². The van der Waals surface area contributed by atoms with Crippen LogP contribution >= 0.6 is 0 Å². The topological polar surface area (TPSA) is 76.8 Å². The van der Waals surface area contributed by atoms with Crippen LogP contribution in [0.5, 0.6) is 5.75 Å². The summed E-state index contributed by atoms with van der Waals surface area (Å²) >= 11 is 0. The number of anilines is 1. The van der Waals surface area contributed by atoms with Crippen LogP contribution in [0.15, 0.2) is 58.1 Å². The van der Waals surface area contributed by atoms with Crippen LogP contribution in [0, 0.1) is 0 Å². The summed E-state index contributed by atoms with van der Waals surface area (Å²) in [6, 6.07) is 15.0. The Hall–Kier alpha value is -3.55. The maximum absolute atomic E-state index is 13.0. The number of carbonyl (C=O) groups is 1. The number of benzene rings is 2. The Balaban J connectivity index is 1.52. The number of hydrogen-bond acceptors (Lipinski definition) is 5. The van der Waals surface area contributed by atoms with E-state index >= 15 is 0 Å². The minimum absolute atomic E-state index is 0.141. The number of para-hydroxylation sites is 2. The maximum atomic E-state index is 13.0. The Morgan fingerprint density at radius 3 is 2.19 bits per heavy atom. The lowest BCUT2D eigenvalue weighted by Crippen LogP contribution is -2.51. The van der Waals surface area contributed by atoms with Crippen molar-refractivity contribution >= 4 is 22.6 Å². The summed E-state index contributed by atoms with van der Waals surface area (Å²) in [5.74, 6) is 0.635. The number of piperazine rings is 1. The third-order valence-electron chi connectivity index (χ3n) is 5.80. The van der Waals surface area contributed by atoms with Crippen LogP contribution in [-0.2, 0) is 17.9 Å². The molecule has 2 aromatic carbocycles. The van der Waals surface area contributed by atoms with E-state index in [0.29, 0.717) is 43.8 Å². The van der Waals surface area contributed by atoms with Gasteiger partial charge in [0.2, 0.25) is 5.91 Å². The molecule has 0 aliphatic carbocycles. The minimum atomic E-state index is -0.663. The van der Waals surface area contributed by atoms with E-state index in [1.807, 2.05) is 37.3 Å². The van der Waals surface area contributed by atoms with Crippen LogP contribution in [0.2, 0.25) is 0 Å². The van der Waals surface area contributed by atoms with Crippen LogP contribution in [0.25, 0.3) is 11.0 Å². The molecule has 8 nitrogen and oxygen atoms in total. The van der Waals surface area contributed by atoms with Crippen LogP contribution < -0.4 is 20.8 Å². The molecule has 31 heavy (non-hydrogen) atoms. The van der Waals surface area contributed by atoms with Gasteiger partial charge in [0.05, 0.1) is 18.1 Å². The highest BCUT2D eigenvalue weighted by atomic mass is 16.5. The van der Waals surface area contributed by atoms with Crippen LogP contribution in [0.3, 0.4) is 0 Å². The first-order valence-electron chi connectivity index (χ1n) is 10.4. The van der Waals surface area contributed by atoms with Gasteiger partial charge in [-0.05, 0) is 31.2 Å². The molecule has 0 saturated carbocycles. The van der Waals surface area contributed by atoms with Gasteiger partial charge in [-0.15, -0.1) is 0 Å². The van der Waals surface area contributed by atoms with Crippen molar-refractivity contribution in [3.8, 4) is 5.75 Å². The highest BCUT2D eigenvalue weighted by Gasteiger charge is 2.23. The van der Waals surface area contributed by atoms with Gasteiger partial charge in [-0.1, -0.05) is 18.2 Å². The van der Waals surface area contributed by atoms with Crippen LogP contribution in [-0.4, -0.2) is 53.2 Å². The molecule has 1 amide bonds. The number of aryl methyl sites for hydroxylation is 1. The van der Waals surface area contributed by atoms with E-state index in [1.54, 1.807) is 30.2 Å².